The molecule has 0 unspecified atom stereocenters. The van der Waals surface area contributed by atoms with Crippen LogP contribution in [0.15, 0.2) is 12.5 Å². The quantitative estimate of drug-likeness (QED) is 0.580. The SMILES string of the molecule is CC(C)C(=O)N1CCN(C(=O)CCn2cnc([N+](=O)[O-])c2)CC1. The predicted octanol–water partition coefficient (Wildman–Crippen LogP) is 0.508. The summed E-state index contributed by atoms with van der Waals surface area (Å²) in [6.45, 7) is 6.25. The highest BCUT2D eigenvalue weighted by Crippen LogP contribution is 2.10. The van der Waals surface area contributed by atoms with Gasteiger partial charge in [-0.1, -0.05) is 13.8 Å². The van der Waals surface area contributed by atoms with Crippen LogP contribution in [-0.2, 0) is 16.1 Å². The van der Waals surface area contributed by atoms with E-state index in [1.165, 1.54) is 17.1 Å². The number of carbonyl (C=O) groups is 2. The summed E-state index contributed by atoms with van der Waals surface area (Å²) < 4.78 is 1.54. The molecule has 9 nitrogen and oxygen atoms in total. The first kappa shape index (κ1) is 16.9. The van der Waals surface area contributed by atoms with Crippen LogP contribution in [-0.4, -0.2) is 62.3 Å². The van der Waals surface area contributed by atoms with Crippen molar-refractivity contribution in [1.29, 1.82) is 0 Å². The molecule has 1 fully saturated rings. The summed E-state index contributed by atoms with van der Waals surface area (Å²) in [5, 5.41) is 10.6. The summed E-state index contributed by atoms with van der Waals surface area (Å²) in [6.07, 6.45) is 2.92. The average Bonchev–Trinajstić information content (AvgIpc) is 3.01. The Labute approximate surface area is 134 Å². The maximum absolute atomic E-state index is 12.2. The van der Waals surface area contributed by atoms with Gasteiger partial charge in [0.05, 0.1) is 0 Å². The number of aryl methyl sites for hydroxylation is 1. The number of amides is 2. The molecule has 2 heterocycles. The van der Waals surface area contributed by atoms with Gasteiger partial charge in [0.2, 0.25) is 18.1 Å². The number of aromatic nitrogens is 2. The molecule has 0 bridgehead atoms. The molecule has 0 N–H and O–H groups in total. The minimum atomic E-state index is -0.566. The first-order valence-electron chi connectivity index (χ1n) is 7.61. The normalized spacial score (nSPS) is 15.1. The lowest BCUT2D eigenvalue weighted by atomic mass is 10.1. The van der Waals surface area contributed by atoms with E-state index in [-0.39, 0.29) is 30.0 Å². The van der Waals surface area contributed by atoms with Gasteiger partial charge in [-0.25, -0.2) is 0 Å². The number of carbonyl (C=O) groups excluding carboxylic acids is 2. The molecule has 2 rings (SSSR count). The van der Waals surface area contributed by atoms with Crippen LogP contribution in [0.5, 0.6) is 0 Å². The lowest BCUT2D eigenvalue weighted by molar-refractivity contribution is -0.389. The van der Waals surface area contributed by atoms with Crippen LogP contribution in [0.1, 0.15) is 20.3 Å². The topological polar surface area (TPSA) is 102 Å². The van der Waals surface area contributed by atoms with Crippen molar-refractivity contribution in [3.8, 4) is 0 Å². The summed E-state index contributed by atoms with van der Waals surface area (Å²) in [7, 11) is 0. The van der Waals surface area contributed by atoms with Crippen molar-refractivity contribution in [3.05, 3.63) is 22.6 Å². The van der Waals surface area contributed by atoms with Crippen molar-refractivity contribution in [3.63, 3.8) is 0 Å². The van der Waals surface area contributed by atoms with E-state index in [0.29, 0.717) is 32.7 Å². The molecule has 1 aromatic heterocycles. The fraction of sp³-hybridized carbons (Fsp3) is 0.643. The summed E-state index contributed by atoms with van der Waals surface area (Å²) in [4.78, 5) is 41.2. The smallest absolute Gasteiger partial charge is 0.358 e. The average molecular weight is 323 g/mol. The van der Waals surface area contributed by atoms with Gasteiger partial charge in [-0.05, 0) is 9.91 Å². The molecule has 0 atom stereocenters. The van der Waals surface area contributed by atoms with Crippen LogP contribution < -0.4 is 0 Å². The second-order valence-electron chi connectivity index (χ2n) is 5.84. The predicted molar refractivity (Wildman–Crippen MR) is 81.5 cm³/mol. The molecule has 1 aliphatic heterocycles. The van der Waals surface area contributed by atoms with Crippen molar-refractivity contribution in [1.82, 2.24) is 19.4 Å². The minimum Gasteiger partial charge on any atom is -0.358 e. The third kappa shape index (κ3) is 4.27. The number of piperazine rings is 1. The van der Waals surface area contributed by atoms with Crippen LogP contribution in [0.25, 0.3) is 0 Å². The molecule has 0 saturated carbocycles. The van der Waals surface area contributed by atoms with Crippen molar-refractivity contribution >= 4 is 17.6 Å². The molecule has 126 valence electrons. The molecule has 1 saturated heterocycles. The lowest BCUT2D eigenvalue weighted by Crippen LogP contribution is -2.51. The number of nitrogens with zero attached hydrogens (tertiary/aromatic N) is 5. The Bertz CT molecular complexity index is 590. The van der Waals surface area contributed by atoms with Crippen LogP contribution in [0.3, 0.4) is 0 Å². The highest BCUT2D eigenvalue weighted by Gasteiger charge is 2.25. The second-order valence-corrected chi connectivity index (χ2v) is 5.84. The number of nitro groups is 1. The van der Waals surface area contributed by atoms with E-state index in [1.807, 2.05) is 13.8 Å². The van der Waals surface area contributed by atoms with Gasteiger partial charge in [-0.15, -0.1) is 0 Å². The zero-order valence-electron chi connectivity index (χ0n) is 13.3. The molecule has 2 amide bonds. The van der Waals surface area contributed by atoms with Crippen LogP contribution in [0.2, 0.25) is 0 Å². The van der Waals surface area contributed by atoms with E-state index in [9.17, 15) is 19.7 Å². The van der Waals surface area contributed by atoms with Gasteiger partial charge in [0.25, 0.3) is 0 Å². The Kier molecular flexibility index (Phi) is 5.30. The zero-order valence-corrected chi connectivity index (χ0v) is 13.3. The highest BCUT2D eigenvalue weighted by molar-refractivity contribution is 5.79. The van der Waals surface area contributed by atoms with Crippen LogP contribution >= 0.6 is 0 Å². The molecule has 0 aliphatic carbocycles. The molecule has 1 aliphatic rings. The van der Waals surface area contributed by atoms with Gasteiger partial charge in [0.15, 0.2) is 0 Å². The van der Waals surface area contributed by atoms with Crippen molar-refractivity contribution in [2.75, 3.05) is 26.2 Å². The third-order valence-corrected chi connectivity index (χ3v) is 3.83. The van der Waals surface area contributed by atoms with Crippen molar-refractivity contribution < 1.29 is 14.5 Å². The van der Waals surface area contributed by atoms with Gasteiger partial charge in [0, 0.05) is 45.1 Å². The van der Waals surface area contributed by atoms with Crippen LogP contribution in [0, 0.1) is 16.0 Å². The molecule has 23 heavy (non-hydrogen) atoms. The first-order chi connectivity index (χ1) is 10.9. The Morgan fingerprint density at radius 1 is 1.26 bits per heavy atom. The molecular formula is C14H21N5O4. The van der Waals surface area contributed by atoms with Gasteiger partial charge >= 0.3 is 5.82 Å². The number of imidazole rings is 1. The maximum atomic E-state index is 12.2. The maximum Gasteiger partial charge on any atom is 0.381 e. The first-order valence-corrected chi connectivity index (χ1v) is 7.61. The summed E-state index contributed by atoms with van der Waals surface area (Å²) in [6, 6.07) is 0. The largest absolute Gasteiger partial charge is 0.381 e. The standard InChI is InChI=1S/C14H21N5O4/c1-11(2)14(21)18-7-5-17(6-8-18)13(20)3-4-16-9-12(15-10-16)19(22)23/h9-11H,3-8H2,1-2H3. The van der Waals surface area contributed by atoms with Gasteiger partial charge in [-0.3, -0.25) is 9.59 Å². The Balaban J connectivity index is 1.78. The number of hydrogen-bond acceptors (Lipinski definition) is 5. The van der Waals surface area contributed by atoms with E-state index in [2.05, 4.69) is 4.98 Å². The summed E-state index contributed by atoms with van der Waals surface area (Å²) >= 11 is 0. The summed E-state index contributed by atoms with van der Waals surface area (Å²) in [5.41, 5.74) is 0. The number of rotatable bonds is 5. The molecule has 9 heteroatoms. The molecule has 1 aromatic rings. The highest BCUT2D eigenvalue weighted by atomic mass is 16.6. The molecule has 0 spiro atoms. The Morgan fingerprint density at radius 2 is 1.87 bits per heavy atom. The molecular weight excluding hydrogens is 302 g/mol. The molecule has 0 aromatic carbocycles. The number of hydrogen-bond donors (Lipinski definition) is 0. The van der Waals surface area contributed by atoms with E-state index in [1.54, 1.807) is 9.80 Å². The Morgan fingerprint density at radius 3 is 2.39 bits per heavy atom. The van der Waals surface area contributed by atoms with E-state index in [4.69, 9.17) is 0 Å². The lowest BCUT2D eigenvalue weighted by Gasteiger charge is -2.35. The van der Waals surface area contributed by atoms with Gasteiger partial charge in [0.1, 0.15) is 6.20 Å². The Hall–Kier alpha value is -2.45. The summed E-state index contributed by atoms with van der Waals surface area (Å²) in [5.74, 6) is -0.159. The zero-order chi connectivity index (χ0) is 17.0. The van der Waals surface area contributed by atoms with Gasteiger partial charge in [-0.2, -0.15) is 0 Å². The van der Waals surface area contributed by atoms with Crippen molar-refractivity contribution in [2.24, 2.45) is 5.92 Å². The van der Waals surface area contributed by atoms with E-state index < -0.39 is 4.92 Å². The fourth-order valence-electron chi connectivity index (χ4n) is 2.49. The van der Waals surface area contributed by atoms with E-state index in [0.717, 1.165) is 0 Å². The third-order valence-electron chi connectivity index (χ3n) is 3.83. The van der Waals surface area contributed by atoms with Crippen molar-refractivity contribution in [2.45, 2.75) is 26.8 Å². The van der Waals surface area contributed by atoms with Gasteiger partial charge < -0.3 is 24.5 Å². The monoisotopic (exact) mass is 323 g/mol. The molecule has 0 radical (unpaired) electrons. The second kappa shape index (κ2) is 7.21. The fourth-order valence-corrected chi connectivity index (χ4v) is 2.49. The minimum absolute atomic E-state index is 0.0157. The van der Waals surface area contributed by atoms with Crippen LogP contribution in [0.4, 0.5) is 5.82 Å². The van der Waals surface area contributed by atoms with E-state index >= 15 is 0 Å².